The van der Waals surface area contributed by atoms with Crippen LogP contribution in [0.2, 0.25) is 0 Å². The van der Waals surface area contributed by atoms with Gasteiger partial charge in [0.2, 0.25) is 0 Å². The molecule has 148 valence electrons. The van der Waals surface area contributed by atoms with E-state index in [1.165, 1.54) is 32.3 Å². The number of rotatable bonds is 3. The first-order chi connectivity index (χ1) is 15.8. The van der Waals surface area contributed by atoms with Crippen LogP contribution in [0.25, 0.3) is 32.3 Å². The van der Waals surface area contributed by atoms with Gasteiger partial charge in [-0.3, -0.25) is 0 Å². The summed E-state index contributed by atoms with van der Waals surface area (Å²) in [6, 6.07) is 42.7. The number of para-hydroxylation sites is 1. The standard InChI is InChI=1S/C30H20BN/c31-24-15-18-26(19-16-24)32(25-7-2-1-3-8-25)27-17-14-22-11-13-23-12-10-21-6-4-5-9-28(21)30(23)29(22)20-27/h1-20H. The Balaban J connectivity index is 1.65. The summed E-state index contributed by atoms with van der Waals surface area (Å²) >= 11 is 0. The maximum Gasteiger partial charge on any atom is 0.113 e. The van der Waals surface area contributed by atoms with Crippen molar-refractivity contribution in [1.82, 2.24) is 0 Å². The third-order valence-electron chi connectivity index (χ3n) is 6.13. The van der Waals surface area contributed by atoms with Crippen LogP contribution in [0.1, 0.15) is 0 Å². The first kappa shape index (κ1) is 18.7. The molecule has 32 heavy (non-hydrogen) atoms. The largest absolute Gasteiger partial charge is 0.310 e. The smallest absolute Gasteiger partial charge is 0.113 e. The Morgan fingerprint density at radius 1 is 0.438 bits per heavy atom. The predicted octanol–water partition coefficient (Wildman–Crippen LogP) is 7.41. The van der Waals surface area contributed by atoms with Crippen LogP contribution in [0.15, 0.2) is 121 Å². The van der Waals surface area contributed by atoms with E-state index in [1.54, 1.807) is 0 Å². The first-order valence-corrected chi connectivity index (χ1v) is 10.8. The fraction of sp³-hybridized carbons (Fsp3) is 0. The highest BCUT2D eigenvalue weighted by molar-refractivity contribution is 6.32. The number of fused-ring (bicyclic) bond motifs is 5. The normalized spacial score (nSPS) is 11.2. The van der Waals surface area contributed by atoms with Crippen LogP contribution in [-0.2, 0) is 0 Å². The van der Waals surface area contributed by atoms with Gasteiger partial charge < -0.3 is 4.90 Å². The van der Waals surface area contributed by atoms with Crippen molar-refractivity contribution < 1.29 is 0 Å². The Morgan fingerprint density at radius 3 is 1.78 bits per heavy atom. The molecule has 0 saturated carbocycles. The zero-order chi connectivity index (χ0) is 21.5. The minimum atomic E-state index is 0.762. The predicted molar refractivity (Wildman–Crippen MR) is 139 cm³/mol. The van der Waals surface area contributed by atoms with Gasteiger partial charge in [-0.1, -0.05) is 90.4 Å². The van der Waals surface area contributed by atoms with Gasteiger partial charge >= 0.3 is 0 Å². The number of nitrogens with zero attached hydrogens (tertiary/aromatic N) is 1. The second-order valence-electron chi connectivity index (χ2n) is 8.12. The van der Waals surface area contributed by atoms with Crippen molar-refractivity contribution in [1.29, 1.82) is 0 Å². The minimum absolute atomic E-state index is 0.762. The molecule has 6 rings (SSSR count). The summed E-state index contributed by atoms with van der Waals surface area (Å²) in [5.74, 6) is 0. The summed E-state index contributed by atoms with van der Waals surface area (Å²) in [7, 11) is 5.98. The van der Waals surface area contributed by atoms with Crippen molar-refractivity contribution >= 4 is 62.7 Å². The number of hydrogen-bond donors (Lipinski definition) is 0. The van der Waals surface area contributed by atoms with Crippen LogP contribution in [0.3, 0.4) is 0 Å². The maximum absolute atomic E-state index is 5.98. The fourth-order valence-corrected chi connectivity index (χ4v) is 4.60. The first-order valence-electron chi connectivity index (χ1n) is 10.8. The highest BCUT2D eigenvalue weighted by atomic mass is 15.1. The molecule has 0 atom stereocenters. The summed E-state index contributed by atoms with van der Waals surface area (Å²) in [6.07, 6.45) is 0. The number of anilines is 3. The Labute approximate surface area is 189 Å². The van der Waals surface area contributed by atoms with Crippen LogP contribution in [0, 0.1) is 0 Å². The van der Waals surface area contributed by atoms with Crippen molar-refractivity contribution in [3.8, 4) is 0 Å². The zero-order valence-corrected chi connectivity index (χ0v) is 17.6. The molecule has 2 heteroatoms. The van der Waals surface area contributed by atoms with Gasteiger partial charge in [-0.25, -0.2) is 0 Å². The summed E-state index contributed by atoms with van der Waals surface area (Å²) in [5, 5.41) is 7.60. The molecular formula is C30H20BN. The lowest BCUT2D eigenvalue weighted by Crippen LogP contribution is -2.11. The van der Waals surface area contributed by atoms with Crippen LogP contribution >= 0.6 is 0 Å². The Kier molecular flexibility index (Phi) is 4.43. The zero-order valence-electron chi connectivity index (χ0n) is 17.6. The SMILES string of the molecule is [B]c1ccc(N(c2ccccc2)c2ccc3ccc4ccc5ccccc5c4c3c2)cc1. The van der Waals surface area contributed by atoms with E-state index in [9.17, 15) is 0 Å². The van der Waals surface area contributed by atoms with Gasteiger partial charge in [0.1, 0.15) is 7.85 Å². The van der Waals surface area contributed by atoms with Gasteiger partial charge in [0.25, 0.3) is 0 Å². The van der Waals surface area contributed by atoms with E-state index in [0.717, 1.165) is 22.5 Å². The van der Waals surface area contributed by atoms with Crippen LogP contribution in [0.5, 0.6) is 0 Å². The summed E-state index contributed by atoms with van der Waals surface area (Å²) in [5.41, 5.74) is 4.07. The molecule has 6 aromatic carbocycles. The monoisotopic (exact) mass is 405 g/mol. The van der Waals surface area contributed by atoms with E-state index < -0.39 is 0 Å². The molecule has 0 aromatic heterocycles. The molecule has 0 aliphatic rings. The molecule has 0 fully saturated rings. The summed E-state index contributed by atoms with van der Waals surface area (Å²) < 4.78 is 0. The van der Waals surface area contributed by atoms with Gasteiger partial charge in [0.05, 0.1) is 0 Å². The maximum atomic E-state index is 5.98. The third kappa shape index (κ3) is 3.12. The Hall–Kier alpha value is -4.04. The topological polar surface area (TPSA) is 3.24 Å². The van der Waals surface area contributed by atoms with E-state index in [4.69, 9.17) is 7.85 Å². The van der Waals surface area contributed by atoms with Crippen molar-refractivity contribution in [3.05, 3.63) is 121 Å². The second kappa shape index (κ2) is 7.58. The van der Waals surface area contributed by atoms with Crippen molar-refractivity contribution in [2.75, 3.05) is 4.90 Å². The highest BCUT2D eigenvalue weighted by Crippen LogP contribution is 2.38. The molecule has 0 aliphatic heterocycles. The molecule has 0 bridgehead atoms. The van der Waals surface area contributed by atoms with Crippen molar-refractivity contribution in [2.45, 2.75) is 0 Å². The molecule has 1 nitrogen and oxygen atoms in total. The van der Waals surface area contributed by atoms with E-state index in [-0.39, 0.29) is 0 Å². The number of benzene rings is 6. The van der Waals surface area contributed by atoms with E-state index >= 15 is 0 Å². The molecule has 0 N–H and O–H groups in total. The molecule has 0 amide bonds. The van der Waals surface area contributed by atoms with Gasteiger partial charge in [-0.2, -0.15) is 0 Å². The molecular weight excluding hydrogens is 385 g/mol. The van der Waals surface area contributed by atoms with Gasteiger partial charge in [0.15, 0.2) is 0 Å². The Bertz CT molecular complexity index is 1560. The van der Waals surface area contributed by atoms with Crippen molar-refractivity contribution in [2.24, 2.45) is 0 Å². The molecule has 0 spiro atoms. The van der Waals surface area contributed by atoms with Crippen LogP contribution in [-0.4, -0.2) is 7.85 Å². The van der Waals surface area contributed by atoms with Gasteiger partial charge in [0, 0.05) is 17.1 Å². The number of hydrogen-bond acceptors (Lipinski definition) is 1. The molecule has 6 aromatic rings. The third-order valence-corrected chi connectivity index (χ3v) is 6.13. The van der Waals surface area contributed by atoms with Crippen LogP contribution < -0.4 is 10.4 Å². The quantitative estimate of drug-likeness (QED) is 0.219. The molecule has 0 saturated heterocycles. The average Bonchev–Trinajstić information content (AvgIpc) is 2.85. The molecule has 0 aliphatic carbocycles. The average molecular weight is 405 g/mol. The van der Waals surface area contributed by atoms with E-state index in [2.05, 4.69) is 108 Å². The Morgan fingerprint density at radius 2 is 1.00 bits per heavy atom. The lowest BCUT2D eigenvalue weighted by atomic mass is 9.95. The van der Waals surface area contributed by atoms with E-state index in [0.29, 0.717) is 0 Å². The molecule has 0 unspecified atom stereocenters. The summed E-state index contributed by atoms with van der Waals surface area (Å²) in [4.78, 5) is 2.28. The van der Waals surface area contributed by atoms with Crippen LogP contribution in [0.4, 0.5) is 17.1 Å². The van der Waals surface area contributed by atoms with Gasteiger partial charge in [-0.15, -0.1) is 0 Å². The lowest BCUT2D eigenvalue weighted by Gasteiger charge is -2.26. The fourth-order valence-electron chi connectivity index (χ4n) is 4.60. The highest BCUT2D eigenvalue weighted by Gasteiger charge is 2.14. The van der Waals surface area contributed by atoms with Crippen molar-refractivity contribution in [3.63, 3.8) is 0 Å². The summed E-state index contributed by atoms with van der Waals surface area (Å²) in [6.45, 7) is 0. The van der Waals surface area contributed by atoms with E-state index in [1.807, 2.05) is 18.2 Å². The molecule has 2 radical (unpaired) electrons. The van der Waals surface area contributed by atoms with Gasteiger partial charge in [-0.05, 0) is 68.7 Å². The minimum Gasteiger partial charge on any atom is -0.310 e. The molecule has 0 heterocycles. The second-order valence-corrected chi connectivity index (χ2v) is 8.12. The lowest BCUT2D eigenvalue weighted by molar-refractivity contribution is 1.29.